The molecule has 0 aromatic heterocycles. The first-order valence-electron chi connectivity index (χ1n) is 8.11. The van der Waals surface area contributed by atoms with E-state index in [4.69, 9.17) is 0 Å². The average molecular weight is 305 g/mol. The van der Waals surface area contributed by atoms with Crippen LogP contribution < -0.4 is 5.32 Å². The topological polar surface area (TPSA) is 32.3 Å². The van der Waals surface area contributed by atoms with E-state index in [9.17, 15) is 5.11 Å². The summed E-state index contributed by atoms with van der Waals surface area (Å²) in [6.07, 6.45) is -0.493. The first kappa shape index (κ1) is 15.7. The monoisotopic (exact) mass is 305 g/mol. The van der Waals surface area contributed by atoms with E-state index in [1.54, 1.807) is 0 Å². The van der Waals surface area contributed by atoms with Crippen LogP contribution in [0.25, 0.3) is 10.8 Å². The Bertz CT molecular complexity index is 774. The molecule has 0 amide bonds. The molecule has 0 spiro atoms. The van der Waals surface area contributed by atoms with Gasteiger partial charge in [0.2, 0.25) is 0 Å². The lowest BCUT2D eigenvalue weighted by Gasteiger charge is -2.19. The van der Waals surface area contributed by atoms with E-state index in [0.29, 0.717) is 6.54 Å². The van der Waals surface area contributed by atoms with Crippen molar-refractivity contribution in [2.75, 3.05) is 6.54 Å². The minimum Gasteiger partial charge on any atom is -0.387 e. The second-order valence-electron chi connectivity index (χ2n) is 6.12. The van der Waals surface area contributed by atoms with E-state index >= 15 is 0 Å². The highest BCUT2D eigenvalue weighted by Gasteiger charge is 2.12. The lowest BCUT2D eigenvalue weighted by atomic mass is 9.99. The minimum absolute atomic E-state index is 0.182. The number of hydrogen-bond acceptors (Lipinski definition) is 2. The summed E-state index contributed by atoms with van der Waals surface area (Å²) >= 11 is 0. The highest BCUT2D eigenvalue weighted by molar-refractivity contribution is 5.86. The van der Waals surface area contributed by atoms with Crippen molar-refractivity contribution in [3.05, 3.63) is 83.4 Å². The minimum atomic E-state index is -0.493. The molecule has 0 aliphatic rings. The third kappa shape index (κ3) is 3.61. The maximum Gasteiger partial charge on any atom is 0.0914 e. The van der Waals surface area contributed by atoms with Gasteiger partial charge in [-0.3, -0.25) is 0 Å². The first-order valence-corrected chi connectivity index (χ1v) is 8.11. The Labute approximate surface area is 137 Å². The van der Waals surface area contributed by atoms with Crippen molar-refractivity contribution in [1.82, 2.24) is 5.32 Å². The van der Waals surface area contributed by atoms with Gasteiger partial charge in [-0.05, 0) is 35.7 Å². The Kier molecular flexibility index (Phi) is 4.75. The van der Waals surface area contributed by atoms with Gasteiger partial charge in [0, 0.05) is 12.6 Å². The summed E-state index contributed by atoms with van der Waals surface area (Å²) < 4.78 is 0. The number of aryl methyl sites for hydroxylation is 1. The molecule has 2 N–H and O–H groups in total. The van der Waals surface area contributed by atoms with Crippen LogP contribution in [-0.2, 0) is 0 Å². The van der Waals surface area contributed by atoms with Gasteiger partial charge in [-0.25, -0.2) is 0 Å². The number of aliphatic hydroxyl groups excluding tert-OH is 1. The molecule has 2 heteroatoms. The van der Waals surface area contributed by atoms with Crippen LogP contribution in [0.4, 0.5) is 0 Å². The summed E-state index contributed by atoms with van der Waals surface area (Å²) in [5.74, 6) is 0. The Morgan fingerprint density at radius 3 is 2.39 bits per heavy atom. The first-order chi connectivity index (χ1) is 11.1. The van der Waals surface area contributed by atoms with E-state index in [0.717, 1.165) is 5.56 Å². The molecule has 3 aromatic carbocycles. The van der Waals surface area contributed by atoms with Crippen LogP contribution in [-0.4, -0.2) is 11.7 Å². The van der Waals surface area contributed by atoms with Crippen LogP contribution in [0.5, 0.6) is 0 Å². The molecule has 0 saturated heterocycles. The van der Waals surface area contributed by atoms with E-state index in [2.05, 4.69) is 61.6 Å². The molecule has 3 aromatic rings. The quantitative estimate of drug-likeness (QED) is 0.725. The molecule has 0 unspecified atom stereocenters. The molecule has 3 rings (SSSR count). The fourth-order valence-electron chi connectivity index (χ4n) is 2.93. The second-order valence-corrected chi connectivity index (χ2v) is 6.12. The van der Waals surface area contributed by atoms with E-state index in [1.807, 2.05) is 24.3 Å². The van der Waals surface area contributed by atoms with E-state index in [1.165, 1.54) is 21.9 Å². The van der Waals surface area contributed by atoms with Gasteiger partial charge in [-0.2, -0.15) is 0 Å². The zero-order valence-corrected chi connectivity index (χ0v) is 13.7. The number of nitrogens with one attached hydrogen (secondary N) is 1. The standard InChI is InChI=1S/C21H23NO/c1-15-10-12-18(13-11-15)21(23)14-22-16(2)19-9-5-7-17-6-3-4-8-20(17)19/h3-13,16,21-23H,14H2,1-2H3/t16-,21-/m1/s1. The van der Waals surface area contributed by atoms with Crippen molar-refractivity contribution in [3.63, 3.8) is 0 Å². The summed E-state index contributed by atoms with van der Waals surface area (Å²) in [4.78, 5) is 0. The van der Waals surface area contributed by atoms with Gasteiger partial charge in [-0.15, -0.1) is 0 Å². The van der Waals surface area contributed by atoms with E-state index < -0.39 is 6.10 Å². The smallest absolute Gasteiger partial charge is 0.0914 e. The fourth-order valence-corrected chi connectivity index (χ4v) is 2.93. The van der Waals surface area contributed by atoms with Crippen molar-refractivity contribution >= 4 is 10.8 Å². The maximum absolute atomic E-state index is 10.4. The van der Waals surface area contributed by atoms with Crippen LogP contribution in [0.15, 0.2) is 66.7 Å². The van der Waals surface area contributed by atoms with Crippen molar-refractivity contribution in [3.8, 4) is 0 Å². The Balaban J connectivity index is 1.71. The molecule has 118 valence electrons. The van der Waals surface area contributed by atoms with Crippen LogP contribution in [0.3, 0.4) is 0 Å². The number of fused-ring (bicyclic) bond motifs is 1. The van der Waals surface area contributed by atoms with Gasteiger partial charge >= 0.3 is 0 Å². The molecular formula is C21H23NO. The third-order valence-electron chi connectivity index (χ3n) is 4.37. The van der Waals surface area contributed by atoms with Gasteiger partial charge in [-0.1, -0.05) is 72.3 Å². The largest absolute Gasteiger partial charge is 0.387 e. The Morgan fingerprint density at radius 1 is 0.913 bits per heavy atom. The van der Waals surface area contributed by atoms with Gasteiger partial charge in [0.1, 0.15) is 0 Å². The van der Waals surface area contributed by atoms with Crippen molar-refractivity contribution in [2.45, 2.75) is 26.0 Å². The maximum atomic E-state index is 10.4. The van der Waals surface area contributed by atoms with Crippen molar-refractivity contribution < 1.29 is 5.11 Å². The summed E-state index contributed by atoms with van der Waals surface area (Å²) in [7, 11) is 0. The number of rotatable bonds is 5. The van der Waals surface area contributed by atoms with Crippen LogP contribution >= 0.6 is 0 Å². The van der Waals surface area contributed by atoms with Gasteiger partial charge < -0.3 is 10.4 Å². The summed E-state index contributed by atoms with van der Waals surface area (Å²) in [5, 5.41) is 16.3. The molecule has 0 heterocycles. The van der Waals surface area contributed by atoms with Crippen molar-refractivity contribution in [2.24, 2.45) is 0 Å². The summed E-state index contributed by atoms with van der Waals surface area (Å²) in [6, 6.07) is 23.0. The third-order valence-corrected chi connectivity index (χ3v) is 4.37. The predicted octanol–water partition coefficient (Wildman–Crippen LogP) is 4.53. The highest BCUT2D eigenvalue weighted by Crippen LogP contribution is 2.24. The molecule has 0 aliphatic heterocycles. The highest BCUT2D eigenvalue weighted by atomic mass is 16.3. The molecule has 0 saturated carbocycles. The molecule has 0 aliphatic carbocycles. The van der Waals surface area contributed by atoms with Gasteiger partial charge in [0.25, 0.3) is 0 Å². The Morgan fingerprint density at radius 2 is 1.61 bits per heavy atom. The molecule has 0 radical (unpaired) electrons. The molecule has 2 atom stereocenters. The van der Waals surface area contributed by atoms with Crippen LogP contribution in [0, 0.1) is 6.92 Å². The lowest BCUT2D eigenvalue weighted by Crippen LogP contribution is -2.24. The van der Waals surface area contributed by atoms with Crippen LogP contribution in [0.2, 0.25) is 0 Å². The average Bonchev–Trinajstić information content (AvgIpc) is 2.59. The normalized spacial score (nSPS) is 13.9. The SMILES string of the molecule is Cc1ccc([C@H](O)CN[C@H](C)c2cccc3ccccc23)cc1. The zero-order chi connectivity index (χ0) is 16.2. The summed E-state index contributed by atoms with van der Waals surface area (Å²) in [5.41, 5.74) is 3.42. The van der Waals surface area contributed by atoms with Gasteiger partial charge in [0.15, 0.2) is 0 Å². The number of benzene rings is 3. The second kappa shape index (κ2) is 6.95. The number of hydrogen-bond donors (Lipinski definition) is 2. The molecule has 23 heavy (non-hydrogen) atoms. The lowest BCUT2D eigenvalue weighted by molar-refractivity contribution is 0.171. The van der Waals surface area contributed by atoms with Crippen LogP contribution in [0.1, 0.15) is 35.8 Å². The molecule has 2 nitrogen and oxygen atoms in total. The Hall–Kier alpha value is -2.16. The zero-order valence-electron chi connectivity index (χ0n) is 13.7. The summed E-state index contributed by atoms with van der Waals surface area (Å²) in [6.45, 7) is 4.73. The van der Waals surface area contributed by atoms with Gasteiger partial charge in [0.05, 0.1) is 6.10 Å². The molecule has 0 bridgehead atoms. The van der Waals surface area contributed by atoms with Crippen molar-refractivity contribution in [1.29, 1.82) is 0 Å². The molecule has 0 fully saturated rings. The van der Waals surface area contributed by atoms with E-state index in [-0.39, 0.29) is 6.04 Å². The predicted molar refractivity (Wildman–Crippen MR) is 96.5 cm³/mol. The fraction of sp³-hybridized carbons (Fsp3) is 0.238. The number of aliphatic hydroxyl groups is 1. The molecular weight excluding hydrogens is 282 g/mol.